The first-order chi connectivity index (χ1) is 6.76. The van der Waals surface area contributed by atoms with Crippen LogP contribution in [0, 0.1) is 12.3 Å². The highest BCUT2D eigenvalue weighted by Gasteiger charge is 2.01. The van der Waals surface area contributed by atoms with Gasteiger partial charge in [0.2, 0.25) is 0 Å². The molecule has 1 aromatic rings. The number of rotatable bonds is 4. The molecule has 74 valence electrons. The topological polar surface area (TPSA) is 9.23 Å². The van der Waals surface area contributed by atoms with E-state index in [2.05, 4.69) is 19.8 Å². The van der Waals surface area contributed by atoms with E-state index in [1.807, 2.05) is 24.3 Å². The van der Waals surface area contributed by atoms with Crippen molar-refractivity contribution < 1.29 is 4.74 Å². The van der Waals surface area contributed by atoms with Crippen molar-refractivity contribution in [1.29, 1.82) is 0 Å². The van der Waals surface area contributed by atoms with Crippen LogP contribution in [0.5, 0.6) is 5.75 Å². The molecule has 0 fully saturated rings. The van der Waals surface area contributed by atoms with Crippen LogP contribution in [0.4, 0.5) is 0 Å². The fourth-order valence-corrected chi connectivity index (χ4v) is 1.33. The minimum Gasteiger partial charge on any atom is -0.491 e. The average Bonchev–Trinajstić information content (AvgIpc) is 2.19. The first kappa shape index (κ1) is 10.7. The Bertz CT molecular complexity index is 305. The summed E-state index contributed by atoms with van der Waals surface area (Å²) in [5.41, 5.74) is 0.889. The van der Waals surface area contributed by atoms with Crippen molar-refractivity contribution >= 4 is 0 Å². The molecule has 0 aromatic heterocycles. The van der Waals surface area contributed by atoms with Gasteiger partial charge in [0.15, 0.2) is 0 Å². The van der Waals surface area contributed by atoms with E-state index >= 15 is 0 Å². The van der Waals surface area contributed by atoms with Crippen LogP contribution in [-0.2, 0) is 0 Å². The van der Waals surface area contributed by atoms with Gasteiger partial charge in [-0.2, -0.15) is 0 Å². The van der Waals surface area contributed by atoms with Crippen LogP contribution >= 0.6 is 0 Å². The van der Waals surface area contributed by atoms with Crippen LogP contribution in [0.25, 0.3) is 0 Å². The molecule has 0 bridgehead atoms. The van der Waals surface area contributed by atoms with E-state index in [0.717, 1.165) is 24.2 Å². The Kier molecular flexibility index (Phi) is 4.07. The molecule has 0 radical (unpaired) electrons. The molecule has 0 spiro atoms. The van der Waals surface area contributed by atoms with Crippen molar-refractivity contribution in [2.24, 2.45) is 0 Å². The van der Waals surface area contributed by atoms with Gasteiger partial charge in [-0.05, 0) is 37.6 Å². The van der Waals surface area contributed by atoms with E-state index in [1.165, 1.54) is 0 Å². The number of terminal acetylenes is 1. The molecular weight excluding hydrogens is 172 g/mol. The van der Waals surface area contributed by atoms with Gasteiger partial charge in [0, 0.05) is 5.56 Å². The fourth-order valence-electron chi connectivity index (χ4n) is 1.33. The van der Waals surface area contributed by atoms with Gasteiger partial charge in [-0.15, -0.1) is 6.42 Å². The van der Waals surface area contributed by atoms with E-state index in [9.17, 15) is 0 Å². The van der Waals surface area contributed by atoms with Gasteiger partial charge < -0.3 is 4.74 Å². The second kappa shape index (κ2) is 5.34. The summed E-state index contributed by atoms with van der Waals surface area (Å²) in [4.78, 5) is 0. The van der Waals surface area contributed by atoms with Crippen LogP contribution in [-0.4, -0.2) is 6.10 Å². The Morgan fingerprint density at radius 1 is 1.36 bits per heavy atom. The van der Waals surface area contributed by atoms with Crippen molar-refractivity contribution in [2.75, 3.05) is 0 Å². The SMILES string of the molecule is C#Cc1ccc(OC(C)CCC)cc1. The monoisotopic (exact) mass is 188 g/mol. The third-order valence-corrected chi connectivity index (χ3v) is 2.05. The zero-order chi connectivity index (χ0) is 10.4. The van der Waals surface area contributed by atoms with E-state index in [-0.39, 0.29) is 6.10 Å². The molecule has 1 heteroatoms. The summed E-state index contributed by atoms with van der Waals surface area (Å²) in [7, 11) is 0. The third-order valence-electron chi connectivity index (χ3n) is 2.05. The van der Waals surface area contributed by atoms with E-state index in [0.29, 0.717) is 0 Å². The first-order valence-corrected chi connectivity index (χ1v) is 4.99. The summed E-state index contributed by atoms with van der Waals surface area (Å²) in [6.45, 7) is 4.24. The summed E-state index contributed by atoms with van der Waals surface area (Å²) in [6.07, 6.45) is 7.76. The lowest BCUT2D eigenvalue weighted by Crippen LogP contribution is -2.10. The molecule has 0 aliphatic rings. The smallest absolute Gasteiger partial charge is 0.119 e. The number of hydrogen-bond acceptors (Lipinski definition) is 1. The number of benzene rings is 1. The minimum atomic E-state index is 0.275. The zero-order valence-electron chi connectivity index (χ0n) is 8.79. The Balaban J connectivity index is 2.56. The Labute approximate surface area is 86.1 Å². The highest BCUT2D eigenvalue weighted by atomic mass is 16.5. The lowest BCUT2D eigenvalue weighted by molar-refractivity contribution is 0.210. The highest BCUT2D eigenvalue weighted by Crippen LogP contribution is 2.14. The Hall–Kier alpha value is -1.42. The van der Waals surface area contributed by atoms with Crippen LogP contribution in [0.1, 0.15) is 32.3 Å². The maximum absolute atomic E-state index is 5.69. The summed E-state index contributed by atoms with van der Waals surface area (Å²) in [5, 5.41) is 0. The molecule has 0 amide bonds. The van der Waals surface area contributed by atoms with Crippen molar-refractivity contribution in [3.63, 3.8) is 0 Å². The van der Waals surface area contributed by atoms with E-state index in [1.54, 1.807) is 0 Å². The van der Waals surface area contributed by atoms with Crippen LogP contribution in [0.2, 0.25) is 0 Å². The number of ether oxygens (including phenoxy) is 1. The highest BCUT2D eigenvalue weighted by molar-refractivity contribution is 5.36. The standard InChI is InChI=1S/C13H16O/c1-4-6-11(3)14-13-9-7-12(5-2)8-10-13/h2,7-11H,4,6H2,1,3H3. The molecule has 0 aliphatic carbocycles. The normalized spacial score (nSPS) is 11.8. The predicted octanol–water partition coefficient (Wildman–Crippen LogP) is 3.24. The van der Waals surface area contributed by atoms with E-state index in [4.69, 9.17) is 11.2 Å². The molecule has 0 N–H and O–H groups in total. The Morgan fingerprint density at radius 2 is 2.00 bits per heavy atom. The maximum atomic E-state index is 5.69. The zero-order valence-corrected chi connectivity index (χ0v) is 8.79. The molecule has 14 heavy (non-hydrogen) atoms. The molecule has 1 unspecified atom stereocenters. The molecule has 0 aliphatic heterocycles. The molecule has 1 rings (SSSR count). The Morgan fingerprint density at radius 3 is 2.50 bits per heavy atom. The lowest BCUT2D eigenvalue weighted by Gasteiger charge is -2.13. The quantitative estimate of drug-likeness (QED) is 0.659. The maximum Gasteiger partial charge on any atom is 0.119 e. The summed E-state index contributed by atoms with van der Waals surface area (Å²) >= 11 is 0. The van der Waals surface area contributed by atoms with Gasteiger partial charge in [0.05, 0.1) is 6.10 Å². The molecule has 0 heterocycles. The molecule has 1 atom stereocenters. The minimum absolute atomic E-state index is 0.275. The van der Waals surface area contributed by atoms with Crippen molar-refractivity contribution in [3.05, 3.63) is 29.8 Å². The van der Waals surface area contributed by atoms with Gasteiger partial charge in [-0.1, -0.05) is 19.3 Å². The lowest BCUT2D eigenvalue weighted by atomic mass is 10.2. The number of hydrogen-bond donors (Lipinski definition) is 0. The summed E-state index contributed by atoms with van der Waals surface area (Å²) < 4.78 is 5.69. The van der Waals surface area contributed by atoms with Crippen molar-refractivity contribution in [3.8, 4) is 18.1 Å². The first-order valence-electron chi connectivity index (χ1n) is 4.99. The van der Waals surface area contributed by atoms with Gasteiger partial charge in [-0.25, -0.2) is 0 Å². The second-order valence-electron chi connectivity index (χ2n) is 3.39. The fraction of sp³-hybridized carbons (Fsp3) is 0.385. The molecule has 0 saturated carbocycles. The molecule has 1 aromatic carbocycles. The van der Waals surface area contributed by atoms with E-state index < -0.39 is 0 Å². The second-order valence-corrected chi connectivity index (χ2v) is 3.39. The van der Waals surface area contributed by atoms with Crippen LogP contribution in [0.15, 0.2) is 24.3 Å². The van der Waals surface area contributed by atoms with Crippen LogP contribution < -0.4 is 4.74 Å². The third kappa shape index (κ3) is 3.14. The van der Waals surface area contributed by atoms with Crippen molar-refractivity contribution in [1.82, 2.24) is 0 Å². The summed E-state index contributed by atoms with van der Waals surface area (Å²) in [5.74, 6) is 3.47. The van der Waals surface area contributed by atoms with Crippen molar-refractivity contribution in [2.45, 2.75) is 32.8 Å². The van der Waals surface area contributed by atoms with Gasteiger partial charge >= 0.3 is 0 Å². The van der Waals surface area contributed by atoms with Gasteiger partial charge in [0.1, 0.15) is 5.75 Å². The van der Waals surface area contributed by atoms with Gasteiger partial charge in [0.25, 0.3) is 0 Å². The molecule has 1 nitrogen and oxygen atoms in total. The summed E-state index contributed by atoms with van der Waals surface area (Å²) in [6, 6.07) is 7.63. The predicted molar refractivity (Wildman–Crippen MR) is 59.4 cm³/mol. The van der Waals surface area contributed by atoms with Crippen LogP contribution in [0.3, 0.4) is 0 Å². The van der Waals surface area contributed by atoms with Gasteiger partial charge in [-0.3, -0.25) is 0 Å². The average molecular weight is 188 g/mol. The molecule has 0 saturated heterocycles. The largest absolute Gasteiger partial charge is 0.491 e. The molecular formula is C13H16O.